The number of nitrogens with one attached hydrogen (secondary N) is 1. The number of hydrogen-bond acceptors (Lipinski definition) is 4. The molecule has 0 saturated heterocycles. The van der Waals surface area contributed by atoms with Gasteiger partial charge in [-0.25, -0.2) is 4.39 Å². The summed E-state index contributed by atoms with van der Waals surface area (Å²) in [5.41, 5.74) is 0.607. The van der Waals surface area contributed by atoms with E-state index >= 15 is 0 Å². The van der Waals surface area contributed by atoms with Crippen LogP contribution >= 0.6 is 0 Å². The lowest BCUT2D eigenvalue weighted by molar-refractivity contribution is -0.385. The van der Waals surface area contributed by atoms with Crippen LogP contribution in [0.5, 0.6) is 5.75 Å². The highest BCUT2D eigenvalue weighted by molar-refractivity contribution is 5.94. The molecule has 23 heavy (non-hydrogen) atoms. The van der Waals surface area contributed by atoms with Gasteiger partial charge >= 0.3 is 0 Å². The summed E-state index contributed by atoms with van der Waals surface area (Å²) >= 11 is 0. The molecule has 1 amide bonds. The standard InChI is InChI=1S/C16H15FN2O4/c1-11-2-3-12(10-15(11)19(21)22)16(20)18-8-9-23-14-6-4-13(17)5-7-14/h2-7,10H,8-9H2,1H3,(H,18,20). The molecule has 0 atom stereocenters. The first-order chi connectivity index (χ1) is 11.0. The molecule has 0 aromatic heterocycles. The van der Waals surface area contributed by atoms with Crippen molar-refractivity contribution in [3.05, 3.63) is 69.5 Å². The monoisotopic (exact) mass is 318 g/mol. The van der Waals surface area contributed by atoms with Gasteiger partial charge in [0.15, 0.2) is 0 Å². The maximum atomic E-state index is 12.7. The molecule has 0 aliphatic heterocycles. The minimum atomic E-state index is -0.524. The van der Waals surface area contributed by atoms with E-state index in [9.17, 15) is 19.3 Å². The Morgan fingerprint density at radius 3 is 2.61 bits per heavy atom. The predicted octanol–water partition coefficient (Wildman–Crippen LogP) is 2.85. The largest absolute Gasteiger partial charge is 0.492 e. The Balaban J connectivity index is 1.86. The summed E-state index contributed by atoms with van der Waals surface area (Å²) in [6, 6.07) is 9.83. The van der Waals surface area contributed by atoms with Crippen molar-refractivity contribution in [2.45, 2.75) is 6.92 Å². The summed E-state index contributed by atoms with van der Waals surface area (Å²) in [5.74, 6) is -0.283. The molecule has 120 valence electrons. The Labute approximate surface area is 132 Å². The van der Waals surface area contributed by atoms with Crippen molar-refractivity contribution in [1.29, 1.82) is 0 Å². The number of hydrogen-bond donors (Lipinski definition) is 1. The highest BCUT2D eigenvalue weighted by Crippen LogP contribution is 2.19. The van der Waals surface area contributed by atoms with Crippen LogP contribution in [0.4, 0.5) is 10.1 Å². The van der Waals surface area contributed by atoms with Crippen LogP contribution in [0, 0.1) is 22.9 Å². The SMILES string of the molecule is Cc1ccc(C(=O)NCCOc2ccc(F)cc2)cc1[N+](=O)[O-]. The average molecular weight is 318 g/mol. The molecule has 0 aliphatic carbocycles. The number of carbonyl (C=O) groups excluding carboxylic acids is 1. The summed E-state index contributed by atoms with van der Waals surface area (Å²) in [7, 11) is 0. The van der Waals surface area contributed by atoms with Crippen molar-refractivity contribution in [2.75, 3.05) is 13.2 Å². The molecular formula is C16H15FN2O4. The molecule has 0 spiro atoms. The van der Waals surface area contributed by atoms with Gasteiger partial charge in [-0.1, -0.05) is 6.07 Å². The van der Waals surface area contributed by atoms with E-state index in [1.54, 1.807) is 6.92 Å². The van der Waals surface area contributed by atoms with Gasteiger partial charge in [0.25, 0.3) is 11.6 Å². The van der Waals surface area contributed by atoms with Crippen LogP contribution in [-0.4, -0.2) is 24.0 Å². The molecule has 0 bridgehead atoms. The first-order valence-corrected chi connectivity index (χ1v) is 6.89. The van der Waals surface area contributed by atoms with E-state index < -0.39 is 10.8 Å². The third-order valence-corrected chi connectivity index (χ3v) is 3.14. The summed E-state index contributed by atoms with van der Waals surface area (Å²) < 4.78 is 18.1. The zero-order chi connectivity index (χ0) is 16.8. The van der Waals surface area contributed by atoms with Crippen molar-refractivity contribution in [2.24, 2.45) is 0 Å². The maximum absolute atomic E-state index is 12.7. The molecule has 2 aromatic rings. The maximum Gasteiger partial charge on any atom is 0.273 e. The third kappa shape index (κ3) is 4.50. The van der Waals surface area contributed by atoms with E-state index in [-0.39, 0.29) is 30.2 Å². The lowest BCUT2D eigenvalue weighted by atomic mass is 10.1. The molecular weight excluding hydrogens is 303 g/mol. The van der Waals surface area contributed by atoms with Gasteiger partial charge in [-0.05, 0) is 37.3 Å². The molecule has 0 saturated carbocycles. The first-order valence-electron chi connectivity index (χ1n) is 6.89. The minimum absolute atomic E-state index is 0.0970. The molecule has 2 aromatic carbocycles. The Bertz CT molecular complexity index is 717. The Hall–Kier alpha value is -2.96. The van der Waals surface area contributed by atoms with Crippen LogP contribution in [0.1, 0.15) is 15.9 Å². The molecule has 6 nitrogen and oxygen atoms in total. The van der Waals surface area contributed by atoms with Gasteiger partial charge < -0.3 is 10.1 Å². The van der Waals surface area contributed by atoms with Gasteiger partial charge in [0.1, 0.15) is 18.2 Å². The van der Waals surface area contributed by atoms with Crippen LogP contribution < -0.4 is 10.1 Å². The van der Waals surface area contributed by atoms with Gasteiger partial charge in [0, 0.05) is 17.2 Å². The highest BCUT2D eigenvalue weighted by Gasteiger charge is 2.14. The number of nitro benzene ring substituents is 1. The second kappa shape index (κ2) is 7.35. The highest BCUT2D eigenvalue weighted by atomic mass is 19.1. The van der Waals surface area contributed by atoms with Crippen molar-refractivity contribution in [1.82, 2.24) is 5.32 Å². The lowest BCUT2D eigenvalue weighted by Crippen LogP contribution is -2.28. The van der Waals surface area contributed by atoms with Gasteiger partial charge in [0.05, 0.1) is 11.5 Å². The van der Waals surface area contributed by atoms with Crippen LogP contribution in [-0.2, 0) is 0 Å². The fourth-order valence-corrected chi connectivity index (χ4v) is 1.91. The number of ether oxygens (including phenoxy) is 1. The summed E-state index contributed by atoms with van der Waals surface area (Å²) in [6.07, 6.45) is 0. The molecule has 0 aliphatic rings. The number of carbonyl (C=O) groups is 1. The van der Waals surface area contributed by atoms with Gasteiger partial charge in [-0.3, -0.25) is 14.9 Å². The summed E-state index contributed by atoms with van der Waals surface area (Å²) in [5, 5.41) is 13.5. The molecule has 0 heterocycles. The summed E-state index contributed by atoms with van der Waals surface area (Å²) in [6.45, 7) is 2.03. The van der Waals surface area contributed by atoms with Crippen molar-refractivity contribution in [3.63, 3.8) is 0 Å². The van der Waals surface area contributed by atoms with E-state index in [1.807, 2.05) is 0 Å². The quantitative estimate of drug-likeness (QED) is 0.504. The average Bonchev–Trinajstić information content (AvgIpc) is 2.53. The number of nitrogens with zero attached hydrogens (tertiary/aromatic N) is 1. The summed E-state index contributed by atoms with van der Waals surface area (Å²) in [4.78, 5) is 22.3. The Morgan fingerprint density at radius 2 is 1.96 bits per heavy atom. The number of amides is 1. The fraction of sp³-hybridized carbons (Fsp3) is 0.188. The predicted molar refractivity (Wildman–Crippen MR) is 82.1 cm³/mol. The Kier molecular flexibility index (Phi) is 5.24. The van der Waals surface area contributed by atoms with E-state index in [4.69, 9.17) is 4.74 Å². The minimum Gasteiger partial charge on any atom is -0.492 e. The molecule has 0 fully saturated rings. The van der Waals surface area contributed by atoms with Crippen LogP contribution in [0.15, 0.2) is 42.5 Å². The smallest absolute Gasteiger partial charge is 0.273 e. The Morgan fingerprint density at radius 1 is 1.26 bits per heavy atom. The fourth-order valence-electron chi connectivity index (χ4n) is 1.91. The van der Waals surface area contributed by atoms with Gasteiger partial charge in [0.2, 0.25) is 0 Å². The number of halogens is 1. The van der Waals surface area contributed by atoms with Crippen LogP contribution in [0.3, 0.4) is 0 Å². The van der Waals surface area contributed by atoms with E-state index in [0.717, 1.165) is 0 Å². The van der Waals surface area contributed by atoms with Crippen molar-refractivity contribution < 1.29 is 18.8 Å². The van der Waals surface area contributed by atoms with E-state index in [1.165, 1.54) is 42.5 Å². The molecule has 0 radical (unpaired) electrons. The topological polar surface area (TPSA) is 81.5 Å². The number of nitro groups is 1. The lowest BCUT2D eigenvalue weighted by Gasteiger charge is -2.08. The normalized spacial score (nSPS) is 10.2. The van der Waals surface area contributed by atoms with Crippen LogP contribution in [0.2, 0.25) is 0 Å². The van der Waals surface area contributed by atoms with Crippen molar-refractivity contribution in [3.8, 4) is 5.75 Å². The van der Waals surface area contributed by atoms with E-state index in [2.05, 4.69) is 5.32 Å². The first kappa shape index (κ1) is 16.4. The van der Waals surface area contributed by atoms with Gasteiger partial charge in [-0.15, -0.1) is 0 Å². The van der Waals surface area contributed by atoms with E-state index in [0.29, 0.717) is 11.3 Å². The zero-order valence-corrected chi connectivity index (χ0v) is 12.4. The number of aryl methyl sites for hydroxylation is 1. The second-order valence-corrected chi connectivity index (χ2v) is 4.82. The number of rotatable bonds is 6. The molecule has 2 rings (SSSR count). The van der Waals surface area contributed by atoms with Crippen LogP contribution in [0.25, 0.3) is 0 Å². The molecule has 1 N–H and O–H groups in total. The van der Waals surface area contributed by atoms with Crippen molar-refractivity contribution >= 4 is 11.6 Å². The third-order valence-electron chi connectivity index (χ3n) is 3.14. The molecule has 0 unspecified atom stereocenters. The zero-order valence-electron chi connectivity index (χ0n) is 12.4. The second-order valence-electron chi connectivity index (χ2n) is 4.82. The molecule has 7 heteroatoms. The number of benzene rings is 2. The van der Waals surface area contributed by atoms with Gasteiger partial charge in [-0.2, -0.15) is 0 Å².